The van der Waals surface area contributed by atoms with E-state index in [4.69, 9.17) is 0 Å². The van der Waals surface area contributed by atoms with E-state index in [0.29, 0.717) is 18.4 Å². The number of carbonyl (C=O) groups is 2. The van der Waals surface area contributed by atoms with Gasteiger partial charge in [0.25, 0.3) is 5.91 Å². The molecule has 1 saturated carbocycles. The van der Waals surface area contributed by atoms with E-state index in [1.807, 2.05) is 0 Å². The average molecular weight is 394 g/mol. The Kier molecular flexibility index (Phi) is 6.16. The highest BCUT2D eigenvalue weighted by atomic mass is 32.2. The van der Waals surface area contributed by atoms with E-state index >= 15 is 0 Å². The summed E-state index contributed by atoms with van der Waals surface area (Å²) < 4.78 is 27.7. The predicted molar refractivity (Wildman–Crippen MR) is 102 cm³/mol. The lowest BCUT2D eigenvalue weighted by Gasteiger charge is -2.31. The minimum atomic E-state index is -3.74. The summed E-state index contributed by atoms with van der Waals surface area (Å²) in [7, 11) is -1.95. The predicted octanol–water partition coefficient (Wildman–Crippen LogP) is 1.65. The summed E-state index contributed by atoms with van der Waals surface area (Å²) in [6, 6.07) is 6.18. The molecule has 1 aromatic rings. The van der Waals surface area contributed by atoms with Crippen molar-refractivity contribution in [1.29, 1.82) is 0 Å². The van der Waals surface area contributed by atoms with Crippen molar-refractivity contribution in [3.8, 4) is 0 Å². The number of nitrogens with zero attached hydrogens (tertiary/aromatic N) is 1. The van der Waals surface area contributed by atoms with E-state index in [1.54, 1.807) is 24.1 Å². The van der Waals surface area contributed by atoms with Gasteiger partial charge in [-0.05, 0) is 37.5 Å². The van der Waals surface area contributed by atoms with Crippen LogP contribution in [0.4, 0.5) is 0 Å². The molecule has 0 aromatic heterocycles. The summed E-state index contributed by atoms with van der Waals surface area (Å²) in [6.07, 6.45) is 6.48. The standard InChI is InChI=1S/C19H27N3O4S/c1-22(16-7-3-2-4-8-16)19(24)14-6-5-9-17(12-14)27(25,26)20-13-15-10-11-18(23)21-15/h5-6,9,12,15-16,20H,2-4,7-8,10-11,13H2,1H3,(H,21,23)/t15-/m0/s1. The first-order valence-electron chi connectivity index (χ1n) is 9.53. The van der Waals surface area contributed by atoms with E-state index in [-0.39, 0.29) is 35.3 Å². The van der Waals surface area contributed by atoms with E-state index in [9.17, 15) is 18.0 Å². The third-order valence-electron chi connectivity index (χ3n) is 5.44. The molecule has 2 fully saturated rings. The second kappa shape index (κ2) is 8.39. The second-order valence-corrected chi connectivity index (χ2v) is 9.16. The van der Waals surface area contributed by atoms with E-state index in [2.05, 4.69) is 10.0 Å². The summed E-state index contributed by atoms with van der Waals surface area (Å²) in [5.74, 6) is -0.209. The van der Waals surface area contributed by atoms with Gasteiger partial charge in [0.1, 0.15) is 0 Å². The molecule has 3 rings (SSSR count). The first kappa shape index (κ1) is 19.8. The number of benzene rings is 1. The Bertz CT molecular complexity index is 803. The van der Waals surface area contributed by atoms with Crippen molar-refractivity contribution in [2.75, 3.05) is 13.6 Å². The van der Waals surface area contributed by atoms with Crippen molar-refractivity contribution in [3.05, 3.63) is 29.8 Å². The van der Waals surface area contributed by atoms with Crippen molar-refractivity contribution < 1.29 is 18.0 Å². The Labute approximate surface area is 160 Å². The highest BCUT2D eigenvalue weighted by molar-refractivity contribution is 7.89. The van der Waals surface area contributed by atoms with E-state index in [1.165, 1.54) is 18.6 Å². The lowest BCUT2D eigenvalue weighted by Crippen LogP contribution is -2.39. The van der Waals surface area contributed by atoms with Crippen LogP contribution in [0.2, 0.25) is 0 Å². The molecule has 2 N–H and O–H groups in total. The normalized spacial score (nSPS) is 21.1. The summed E-state index contributed by atoms with van der Waals surface area (Å²) in [4.78, 5) is 25.8. The van der Waals surface area contributed by atoms with Gasteiger partial charge in [-0.1, -0.05) is 25.3 Å². The molecule has 1 aliphatic heterocycles. The van der Waals surface area contributed by atoms with Crippen LogP contribution in [-0.4, -0.2) is 50.8 Å². The fourth-order valence-electron chi connectivity index (χ4n) is 3.76. The van der Waals surface area contributed by atoms with Crippen molar-refractivity contribution in [2.24, 2.45) is 0 Å². The molecule has 1 heterocycles. The van der Waals surface area contributed by atoms with Crippen LogP contribution in [0.3, 0.4) is 0 Å². The van der Waals surface area contributed by atoms with Crippen LogP contribution in [0.1, 0.15) is 55.3 Å². The molecule has 148 valence electrons. The Hall–Kier alpha value is -1.93. The SMILES string of the molecule is CN(C(=O)c1cccc(S(=O)(=O)NC[C@@H]2CCC(=O)N2)c1)C1CCCCC1. The second-order valence-electron chi connectivity index (χ2n) is 7.39. The fraction of sp³-hybridized carbons (Fsp3) is 0.579. The maximum Gasteiger partial charge on any atom is 0.253 e. The zero-order valence-corrected chi connectivity index (χ0v) is 16.4. The molecule has 1 atom stereocenters. The number of sulfonamides is 1. The third-order valence-corrected chi connectivity index (χ3v) is 6.86. The highest BCUT2D eigenvalue weighted by Crippen LogP contribution is 2.23. The van der Waals surface area contributed by atoms with Crippen LogP contribution in [0.25, 0.3) is 0 Å². The van der Waals surface area contributed by atoms with Gasteiger partial charge >= 0.3 is 0 Å². The molecule has 7 nitrogen and oxygen atoms in total. The van der Waals surface area contributed by atoms with Gasteiger partial charge in [0, 0.05) is 37.7 Å². The maximum absolute atomic E-state index is 12.8. The van der Waals surface area contributed by atoms with Gasteiger partial charge in [-0.15, -0.1) is 0 Å². The van der Waals surface area contributed by atoms with Crippen LogP contribution < -0.4 is 10.0 Å². The van der Waals surface area contributed by atoms with Gasteiger partial charge < -0.3 is 10.2 Å². The summed E-state index contributed by atoms with van der Waals surface area (Å²) in [5.41, 5.74) is 0.375. The first-order valence-corrected chi connectivity index (χ1v) is 11.0. The topological polar surface area (TPSA) is 95.6 Å². The Morgan fingerprint density at radius 1 is 1.22 bits per heavy atom. The zero-order valence-electron chi connectivity index (χ0n) is 15.6. The molecule has 0 bridgehead atoms. The maximum atomic E-state index is 12.8. The van der Waals surface area contributed by atoms with Gasteiger partial charge in [0.15, 0.2) is 0 Å². The van der Waals surface area contributed by atoms with Gasteiger partial charge in [-0.2, -0.15) is 0 Å². The molecule has 0 spiro atoms. The van der Waals surface area contributed by atoms with Crippen molar-refractivity contribution in [1.82, 2.24) is 14.9 Å². The highest BCUT2D eigenvalue weighted by Gasteiger charge is 2.26. The summed E-state index contributed by atoms with van der Waals surface area (Å²) in [6.45, 7) is 0.147. The molecule has 8 heteroatoms. The molecule has 2 aliphatic rings. The van der Waals surface area contributed by atoms with Gasteiger partial charge in [-0.3, -0.25) is 9.59 Å². The van der Waals surface area contributed by atoms with Crippen LogP contribution in [0.5, 0.6) is 0 Å². The van der Waals surface area contributed by atoms with Crippen LogP contribution in [0.15, 0.2) is 29.2 Å². The monoisotopic (exact) mass is 393 g/mol. The molecular formula is C19H27N3O4S. The smallest absolute Gasteiger partial charge is 0.253 e. The van der Waals surface area contributed by atoms with Gasteiger partial charge in [0.05, 0.1) is 4.90 Å². The zero-order chi connectivity index (χ0) is 19.4. The number of hydrogen-bond acceptors (Lipinski definition) is 4. The molecule has 27 heavy (non-hydrogen) atoms. The summed E-state index contributed by atoms with van der Waals surface area (Å²) >= 11 is 0. The first-order chi connectivity index (χ1) is 12.9. The average Bonchev–Trinajstić information content (AvgIpc) is 3.11. The lowest BCUT2D eigenvalue weighted by molar-refractivity contribution is -0.119. The minimum absolute atomic E-state index is 0.0578. The largest absolute Gasteiger partial charge is 0.352 e. The number of rotatable bonds is 6. The number of hydrogen-bond donors (Lipinski definition) is 2. The lowest BCUT2D eigenvalue weighted by atomic mass is 9.94. The minimum Gasteiger partial charge on any atom is -0.352 e. The Morgan fingerprint density at radius 2 is 1.96 bits per heavy atom. The van der Waals surface area contributed by atoms with Crippen LogP contribution >= 0.6 is 0 Å². The fourth-order valence-corrected chi connectivity index (χ4v) is 4.89. The summed E-state index contributed by atoms with van der Waals surface area (Å²) in [5, 5.41) is 2.73. The molecular weight excluding hydrogens is 366 g/mol. The van der Waals surface area contributed by atoms with Crippen molar-refractivity contribution >= 4 is 21.8 Å². The van der Waals surface area contributed by atoms with Crippen LogP contribution in [0, 0.1) is 0 Å². The molecule has 1 aliphatic carbocycles. The molecule has 0 unspecified atom stereocenters. The number of nitrogens with one attached hydrogen (secondary N) is 2. The molecule has 1 aromatic carbocycles. The van der Waals surface area contributed by atoms with Gasteiger partial charge in [0.2, 0.25) is 15.9 Å². The van der Waals surface area contributed by atoms with Crippen molar-refractivity contribution in [3.63, 3.8) is 0 Å². The quantitative estimate of drug-likeness (QED) is 0.768. The van der Waals surface area contributed by atoms with E-state index in [0.717, 1.165) is 25.7 Å². The Morgan fingerprint density at radius 3 is 2.63 bits per heavy atom. The Balaban J connectivity index is 1.68. The number of amides is 2. The van der Waals surface area contributed by atoms with E-state index < -0.39 is 10.0 Å². The third kappa shape index (κ3) is 4.87. The van der Waals surface area contributed by atoms with Crippen LogP contribution in [-0.2, 0) is 14.8 Å². The molecule has 1 saturated heterocycles. The molecule has 0 radical (unpaired) electrons. The van der Waals surface area contributed by atoms with Crippen molar-refractivity contribution in [2.45, 2.75) is 61.9 Å². The number of carbonyl (C=O) groups excluding carboxylic acids is 2. The van der Waals surface area contributed by atoms with Gasteiger partial charge in [-0.25, -0.2) is 13.1 Å². The molecule has 2 amide bonds.